The van der Waals surface area contributed by atoms with Gasteiger partial charge >= 0.3 is 0 Å². The quantitative estimate of drug-likeness (QED) is 0.846. The van der Waals surface area contributed by atoms with Gasteiger partial charge in [-0.3, -0.25) is 9.59 Å². The molecule has 0 aliphatic carbocycles. The maximum absolute atomic E-state index is 12.9. The molecule has 2 N–H and O–H groups in total. The number of amides is 1. The first-order chi connectivity index (χ1) is 11.5. The van der Waals surface area contributed by atoms with Crippen molar-refractivity contribution in [2.75, 3.05) is 6.54 Å². The highest BCUT2D eigenvalue weighted by molar-refractivity contribution is 7.20. The number of thiazole rings is 1. The average molecular weight is 345 g/mol. The molecule has 0 spiro atoms. The van der Waals surface area contributed by atoms with E-state index in [0.29, 0.717) is 18.0 Å². The summed E-state index contributed by atoms with van der Waals surface area (Å²) < 4.78 is 0.994. The van der Waals surface area contributed by atoms with Crippen molar-refractivity contribution in [3.8, 4) is 0 Å². The molecule has 0 bridgehead atoms. The standard InChI is InChI=1S/C18H23N3O2S/c1-3-11(2)15(19)18(23)21-10-6-8-13(21)16(22)17-20-12-7-4-5-9-14(12)24-17/h4-5,7,9,11,13,15H,3,6,8,10,19H2,1-2H3/t11?,13-,15?/m0/s1. The smallest absolute Gasteiger partial charge is 0.240 e. The number of aromatic nitrogens is 1. The monoisotopic (exact) mass is 345 g/mol. The highest BCUT2D eigenvalue weighted by Crippen LogP contribution is 2.27. The summed E-state index contributed by atoms with van der Waals surface area (Å²) in [6.45, 7) is 4.60. The zero-order valence-corrected chi connectivity index (χ0v) is 14.9. The number of nitrogens with two attached hydrogens (primary N) is 1. The molecular formula is C18H23N3O2S. The molecule has 1 saturated heterocycles. The molecule has 1 aromatic carbocycles. The fourth-order valence-electron chi connectivity index (χ4n) is 3.11. The summed E-state index contributed by atoms with van der Waals surface area (Å²) in [6.07, 6.45) is 2.37. The lowest BCUT2D eigenvalue weighted by molar-refractivity contribution is -0.133. The minimum Gasteiger partial charge on any atom is -0.331 e. The van der Waals surface area contributed by atoms with E-state index in [9.17, 15) is 9.59 Å². The second kappa shape index (κ2) is 6.99. The van der Waals surface area contributed by atoms with E-state index in [1.807, 2.05) is 38.1 Å². The Morgan fingerprint density at radius 2 is 2.17 bits per heavy atom. The number of nitrogens with zero attached hydrogens (tertiary/aromatic N) is 2. The van der Waals surface area contributed by atoms with Gasteiger partial charge in [0.1, 0.15) is 0 Å². The van der Waals surface area contributed by atoms with Gasteiger partial charge in [0.05, 0.1) is 22.3 Å². The number of carbonyl (C=O) groups excluding carboxylic acids is 2. The number of hydrogen-bond donors (Lipinski definition) is 1. The van der Waals surface area contributed by atoms with Crippen LogP contribution in [0.3, 0.4) is 0 Å². The fraction of sp³-hybridized carbons (Fsp3) is 0.500. The van der Waals surface area contributed by atoms with E-state index >= 15 is 0 Å². The van der Waals surface area contributed by atoms with Gasteiger partial charge in [-0.1, -0.05) is 32.4 Å². The van der Waals surface area contributed by atoms with Crippen molar-refractivity contribution in [2.45, 2.75) is 45.2 Å². The van der Waals surface area contributed by atoms with Crippen molar-refractivity contribution in [1.82, 2.24) is 9.88 Å². The van der Waals surface area contributed by atoms with Crippen LogP contribution in [0.2, 0.25) is 0 Å². The van der Waals surface area contributed by atoms with Gasteiger partial charge in [-0.25, -0.2) is 4.98 Å². The Labute approximate surface area is 145 Å². The molecule has 1 aliphatic heterocycles. The Morgan fingerprint density at radius 1 is 1.42 bits per heavy atom. The molecule has 2 aromatic rings. The molecule has 3 atom stereocenters. The Balaban J connectivity index is 1.82. The third-order valence-electron chi connectivity index (χ3n) is 4.89. The molecule has 24 heavy (non-hydrogen) atoms. The summed E-state index contributed by atoms with van der Waals surface area (Å²) in [5.41, 5.74) is 6.93. The van der Waals surface area contributed by atoms with Crippen LogP contribution in [0, 0.1) is 5.92 Å². The second-order valence-electron chi connectivity index (χ2n) is 6.45. The zero-order valence-electron chi connectivity index (χ0n) is 14.1. The number of fused-ring (bicyclic) bond motifs is 1. The van der Waals surface area contributed by atoms with Crippen LogP contribution in [0.4, 0.5) is 0 Å². The van der Waals surface area contributed by atoms with Gasteiger partial charge in [0.2, 0.25) is 11.7 Å². The summed E-state index contributed by atoms with van der Waals surface area (Å²) in [4.78, 5) is 31.7. The lowest BCUT2D eigenvalue weighted by Gasteiger charge is -2.28. The molecule has 0 saturated carbocycles. The maximum Gasteiger partial charge on any atom is 0.240 e. The van der Waals surface area contributed by atoms with Crippen molar-refractivity contribution in [3.63, 3.8) is 0 Å². The van der Waals surface area contributed by atoms with E-state index in [1.54, 1.807) is 4.90 Å². The molecular weight excluding hydrogens is 322 g/mol. The molecule has 5 nitrogen and oxygen atoms in total. The zero-order chi connectivity index (χ0) is 17.3. The molecule has 1 aliphatic rings. The molecule has 2 unspecified atom stereocenters. The Kier molecular flexibility index (Phi) is 4.96. The van der Waals surface area contributed by atoms with E-state index in [0.717, 1.165) is 23.1 Å². The molecule has 1 fully saturated rings. The number of rotatable bonds is 5. The highest BCUT2D eigenvalue weighted by Gasteiger charge is 2.38. The SMILES string of the molecule is CCC(C)C(N)C(=O)N1CCC[C@H]1C(=O)c1nc2ccccc2s1. The largest absolute Gasteiger partial charge is 0.331 e. The van der Waals surface area contributed by atoms with E-state index in [-0.39, 0.29) is 17.6 Å². The third-order valence-corrected chi connectivity index (χ3v) is 5.94. The number of para-hydroxylation sites is 1. The molecule has 2 heterocycles. The summed E-state index contributed by atoms with van der Waals surface area (Å²) in [5.74, 6) is -0.0592. The van der Waals surface area contributed by atoms with Crippen LogP contribution in [0.5, 0.6) is 0 Å². The van der Waals surface area contributed by atoms with Gasteiger partial charge in [-0.15, -0.1) is 11.3 Å². The number of hydrogen-bond acceptors (Lipinski definition) is 5. The maximum atomic E-state index is 12.9. The van der Waals surface area contributed by atoms with Crippen molar-refractivity contribution in [1.29, 1.82) is 0 Å². The van der Waals surface area contributed by atoms with Crippen molar-refractivity contribution >= 4 is 33.2 Å². The van der Waals surface area contributed by atoms with Gasteiger partial charge in [-0.05, 0) is 30.9 Å². The average Bonchev–Trinajstić information content (AvgIpc) is 3.25. The summed E-state index contributed by atoms with van der Waals surface area (Å²) in [5, 5.41) is 0.484. The number of Topliss-reactive ketones (excluding diaryl/α,β-unsaturated/α-hetero) is 1. The van der Waals surface area contributed by atoms with Crippen LogP contribution in [0.1, 0.15) is 42.9 Å². The Morgan fingerprint density at radius 3 is 2.88 bits per heavy atom. The molecule has 1 amide bonds. The molecule has 128 valence electrons. The summed E-state index contributed by atoms with van der Waals surface area (Å²) in [7, 11) is 0. The predicted octanol–water partition coefficient (Wildman–Crippen LogP) is 2.84. The molecule has 3 rings (SSSR count). The van der Waals surface area contributed by atoms with Crippen molar-refractivity contribution < 1.29 is 9.59 Å². The van der Waals surface area contributed by atoms with Gasteiger partial charge in [0.25, 0.3) is 0 Å². The summed E-state index contributed by atoms with van der Waals surface area (Å²) >= 11 is 1.40. The normalized spacial score (nSPS) is 20.3. The number of ketones is 1. The Bertz CT molecular complexity index is 725. The lowest BCUT2D eigenvalue weighted by atomic mass is 9.98. The van der Waals surface area contributed by atoms with E-state index in [2.05, 4.69) is 4.98 Å². The number of likely N-dealkylation sites (tertiary alicyclic amines) is 1. The van der Waals surface area contributed by atoms with E-state index in [1.165, 1.54) is 11.3 Å². The molecule has 0 radical (unpaired) electrons. The fourth-order valence-corrected chi connectivity index (χ4v) is 4.07. The van der Waals surface area contributed by atoms with Gasteiger partial charge in [0.15, 0.2) is 5.01 Å². The van der Waals surface area contributed by atoms with Crippen molar-refractivity contribution in [3.05, 3.63) is 29.3 Å². The van der Waals surface area contributed by atoms with E-state index in [4.69, 9.17) is 5.73 Å². The number of benzene rings is 1. The third kappa shape index (κ3) is 3.08. The summed E-state index contributed by atoms with van der Waals surface area (Å²) in [6, 6.07) is 6.74. The highest BCUT2D eigenvalue weighted by atomic mass is 32.1. The van der Waals surface area contributed by atoms with Crippen LogP contribution in [0.25, 0.3) is 10.2 Å². The van der Waals surface area contributed by atoms with E-state index < -0.39 is 12.1 Å². The lowest BCUT2D eigenvalue weighted by Crippen LogP contribution is -2.50. The minimum atomic E-state index is -0.543. The first-order valence-corrected chi connectivity index (χ1v) is 9.30. The number of carbonyl (C=O) groups is 2. The first kappa shape index (κ1) is 17.0. The minimum absolute atomic E-state index is 0.0570. The van der Waals surface area contributed by atoms with Gasteiger partial charge in [-0.2, -0.15) is 0 Å². The topological polar surface area (TPSA) is 76.3 Å². The molecule has 1 aromatic heterocycles. The second-order valence-corrected chi connectivity index (χ2v) is 7.48. The first-order valence-electron chi connectivity index (χ1n) is 8.48. The van der Waals surface area contributed by atoms with Crippen LogP contribution < -0.4 is 5.73 Å². The van der Waals surface area contributed by atoms with Crippen LogP contribution in [-0.2, 0) is 4.79 Å². The van der Waals surface area contributed by atoms with Crippen LogP contribution in [0.15, 0.2) is 24.3 Å². The Hall–Kier alpha value is -1.79. The van der Waals surface area contributed by atoms with Gasteiger partial charge in [0, 0.05) is 6.54 Å². The van der Waals surface area contributed by atoms with Gasteiger partial charge < -0.3 is 10.6 Å². The van der Waals surface area contributed by atoms with Crippen molar-refractivity contribution in [2.24, 2.45) is 11.7 Å². The predicted molar refractivity (Wildman–Crippen MR) is 96.1 cm³/mol. The van der Waals surface area contributed by atoms with Crippen LogP contribution >= 0.6 is 11.3 Å². The van der Waals surface area contributed by atoms with Crippen LogP contribution in [-0.4, -0.2) is 40.2 Å². The molecule has 6 heteroatoms.